The van der Waals surface area contributed by atoms with Crippen molar-refractivity contribution in [1.29, 1.82) is 0 Å². The SMILES string of the molecule is CCCCC(CC)C(OP(=O)([O-])[O-])C1(C)C=CC=CC1.CCCCC(CC)C(OP(=O)([O-])[O-])C1(C)C=CC=CC1.CCCCC(CC)C(OP(=O)([O-])[O-])C1(C)C=CC=CC1.[Nd+3].[Nd+3]. The number of hydrogen-bond acceptors (Lipinski definition) is 12. The van der Waals surface area contributed by atoms with Crippen molar-refractivity contribution in [2.45, 2.75) is 177 Å². The van der Waals surface area contributed by atoms with Crippen molar-refractivity contribution in [3.8, 4) is 0 Å². The largest absolute Gasteiger partial charge is 3.00 e. The van der Waals surface area contributed by atoms with Gasteiger partial charge in [0.25, 0.3) is 0 Å². The zero-order chi connectivity index (χ0) is 45.7. The van der Waals surface area contributed by atoms with Crippen LogP contribution in [0.5, 0.6) is 0 Å². The van der Waals surface area contributed by atoms with E-state index in [0.29, 0.717) is 19.3 Å². The topological polar surface area (TPSA) is 217 Å². The van der Waals surface area contributed by atoms with Gasteiger partial charge in [0.15, 0.2) is 0 Å². The molecule has 3 aliphatic rings. The molecule has 0 aromatic carbocycles. The van der Waals surface area contributed by atoms with Crippen LogP contribution >= 0.6 is 23.5 Å². The number of phosphoric acid groups is 3. The molecule has 2 radical (unpaired) electrons. The molecule has 0 spiro atoms. The van der Waals surface area contributed by atoms with Crippen LogP contribution in [0, 0.1) is 116 Å². The second kappa shape index (κ2) is 32.3. The molecule has 0 fully saturated rings. The third kappa shape index (κ3) is 25.2. The van der Waals surface area contributed by atoms with Gasteiger partial charge >= 0.3 is 81.7 Å². The first-order valence-electron chi connectivity index (χ1n) is 22.1. The van der Waals surface area contributed by atoms with Crippen molar-refractivity contribution < 1.29 is 138 Å². The Bertz CT molecular complexity index is 1390. The molecular formula is C45H75Nd2O12P3. The summed E-state index contributed by atoms with van der Waals surface area (Å²) in [5.74, 6) is 0.229. The normalized spacial score (nSPS) is 24.8. The Morgan fingerprint density at radius 1 is 0.452 bits per heavy atom. The Hall–Kier alpha value is 1.47. The van der Waals surface area contributed by atoms with Crippen LogP contribution in [0.1, 0.15) is 159 Å². The molecule has 12 nitrogen and oxygen atoms in total. The molecule has 0 amide bonds. The fourth-order valence-corrected chi connectivity index (χ4v) is 10.7. The van der Waals surface area contributed by atoms with Gasteiger partial charge in [-0.2, -0.15) is 0 Å². The molecule has 0 N–H and O–H groups in total. The molecule has 3 aliphatic carbocycles. The molecule has 0 saturated carbocycles. The Balaban J connectivity index is 0. The van der Waals surface area contributed by atoms with E-state index in [9.17, 15) is 43.1 Å². The number of rotatable bonds is 24. The first-order chi connectivity index (χ1) is 28.0. The number of hydrogen-bond donors (Lipinski definition) is 0. The predicted octanol–water partition coefficient (Wildman–Crippen LogP) is 8.82. The van der Waals surface area contributed by atoms with Gasteiger partial charge in [0, 0.05) is 16.2 Å². The summed E-state index contributed by atoms with van der Waals surface area (Å²) in [5.41, 5.74) is -1.31. The summed E-state index contributed by atoms with van der Waals surface area (Å²) in [6.07, 6.45) is 34.9. The van der Waals surface area contributed by atoms with E-state index in [4.69, 9.17) is 13.6 Å². The van der Waals surface area contributed by atoms with Crippen LogP contribution in [-0.4, -0.2) is 18.3 Å². The number of unbranched alkanes of at least 4 members (excludes halogenated alkanes) is 3. The first kappa shape index (κ1) is 65.6. The number of allylic oxidation sites excluding steroid dienone is 9. The molecule has 0 aromatic heterocycles. The minimum absolute atomic E-state index is 0. The Morgan fingerprint density at radius 3 is 0.823 bits per heavy atom. The fourth-order valence-electron chi connectivity index (χ4n) is 8.62. The van der Waals surface area contributed by atoms with E-state index in [2.05, 4.69) is 20.8 Å². The van der Waals surface area contributed by atoms with E-state index >= 15 is 0 Å². The van der Waals surface area contributed by atoms with Crippen molar-refractivity contribution in [3.05, 3.63) is 72.9 Å². The van der Waals surface area contributed by atoms with Crippen LogP contribution in [-0.2, 0) is 27.3 Å². The Morgan fingerprint density at radius 2 is 0.677 bits per heavy atom. The Labute approximate surface area is 440 Å². The van der Waals surface area contributed by atoms with Crippen molar-refractivity contribution in [1.82, 2.24) is 0 Å². The van der Waals surface area contributed by atoms with Gasteiger partial charge in [-0.25, -0.2) is 0 Å². The summed E-state index contributed by atoms with van der Waals surface area (Å²) < 4.78 is 48.4. The zero-order valence-corrected chi connectivity index (χ0v) is 47.8. The molecule has 0 heterocycles. The summed E-state index contributed by atoms with van der Waals surface area (Å²) in [6.45, 7) is 18.2. The fraction of sp³-hybridized carbons (Fsp3) is 0.733. The molecule has 62 heavy (non-hydrogen) atoms. The van der Waals surface area contributed by atoms with E-state index in [1.165, 1.54) is 0 Å². The summed E-state index contributed by atoms with van der Waals surface area (Å²) in [4.78, 5) is 66.8. The van der Waals surface area contributed by atoms with Gasteiger partial charge in [0.05, 0.1) is 41.8 Å². The van der Waals surface area contributed by atoms with E-state index in [0.717, 1.165) is 77.0 Å². The van der Waals surface area contributed by atoms with Crippen LogP contribution in [0.2, 0.25) is 0 Å². The van der Waals surface area contributed by atoms with E-state index in [1.54, 1.807) is 0 Å². The van der Waals surface area contributed by atoms with Crippen molar-refractivity contribution in [2.75, 3.05) is 0 Å². The van der Waals surface area contributed by atoms with Gasteiger partial charge in [0.2, 0.25) is 0 Å². The molecule has 350 valence electrons. The van der Waals surface area contributed by atoms with E-state index in [-0.39, 0.29) is 99.4 Å². The van der Waals surface area contributed by atoms with Crippen LogP contribution in [0.15, 0.2) is 72.9 Å². The summed E-state index contributed by atoms with van der Waals surface area (Å²) in [5, 5.41) is 0. The standard InChI is InChI=1S/3C15H27O4P.2Nd/c3*1-4-6-10-13(5-2)14(19-20(16,17)18)15(3)11-8-7-9-12-15;;/h3*7-9,11,13-14H,4-6,10,12H2,1-3H3,(H2,16,17,18);;/q;;;2*+3/p-6. The van der Waals surface area contributed by atoms with Gasteiger partial charge in [-0.1, -0.05) is 193 Å². The molecule has 17 heteroatoms. The quantitative estimate of drug-likeness (QED) is 0.0829. The second-order valence-corrected chi connectivity index (χ2v) is 20.7. The maximum Gasteiger partial charge on any atom is 3.00 e. The molecule has 0 aromatic rings. The third-order valence-electron chi connectivity index (χ3n) is 12.2. The van der Waals surface area contributed by atoms with Crippen LogP contribution in [0.3, 0.4) is 0 Å². The van der Waals surface area contributed by atoms with E-state index in [1.807, 2.05) is 114 Å². The molecular weight excluding hydrogens is 1110 g/mol. The van der Waals surface area contributed by atoms with Gasteiger partial charge in [-0.3, -0.25) is 0 Å². The van der Waals surface area contributed by atoms with Crippen LogP contribution in [0.4, 0.5) is 0 Å². The second-order valence-electron chi connectivity index (χ2n) is 17.3. The molecule has 0 bridgehead atoms. The molecule has 0 saturated heterocycles. The maximum atomic E-state index is 11.1. The third-order valence-corrected chi connectivity index (χ3v) is 13.6. The van der Waals surface area contributed by atoms with Crippen molar-refractivity contribution >= 4 is 23.5 Å². The van der Waals surface area contributed by atoms with Gasteiger partial charge < -0.3 is 56.6 Å². The summed E-state index contributed by atoms with van der Waals surface area (Å²) in [7, 11) is -15.0. The van der Waals surface area contributed by atoms with Crippen molar-refractivity contribution in [2.24, 2.45) is 34.0 Å². The monoisotopic (exact) mass is 1180 g/mol. The first-order valence-corrected chi connectivity index (χ1v) is 26.5. The smallest absolute Gasteiger partial charge is 0.790 e. The minimum atomic E-state index is -4.99. The Kier molecular flexibility index (Phi) is 34.2. The van der Waals surface area contributed by atoms with Gasteiger partial charge in [-0.05, 0) is 56.3 Å². The minimum Gasteiger partial charge on any atom is -0.790 e. The molecule has 9 unspecified atom stereocenters. The summed E-state index contributed by atoms with van der Waals surface area (Å²) in [6, 6.07) is 0. The van der Waals surface area contributed by atoms with Gasteiger partial charge in [0.1, 0.15) is 0 Å². The predicted molar refractivity (Wildman–Crippen MR) is 230 cm³/mol. The van der Waals surface area contributed by atoms with Gasteiger partial charge in [-0.15, -0.1) is 0 Å². The molecule has 0 aliphatic heterocycles. The molecule has 3 rings (SSSR count). The van der Waals surface area contributed by atoms with Crippen molar-refractivity contribution in [3.63, 3.8) is 0 Å². The van der Waals surface area contributed by atoms with Crippen LogP contribution < -0.4 is 29.4 Å². The van der Waals surface area contributed by atoms with E-state index < -0.39 is 58.0 Å². The average molecular weight is 1190 g/mol. The van der Waals surface area contributed by atoms with Crippen LogP contribution in [0.25, 0.3) is 0 Å². The molecule has 9 atom stereocenters. The zero-order valence-electron chi connectivity index (χ0n) is 38.7. The summed E-state index contributed by atoms with van der Waals surface area (Å²) >= 11 is 0. The average Bonchev–Trinajstić information content (AvgIpc) is 3.17. The number of phosphoric ester groups is 3. The maximum absolute atomic E-state index is 11.1.